The largest absolute Gasteiger partial charge is 0.339 e. The summed E-state index contributed by atoms with van der Waals surface area (Å²) in [7, 11) is 0. The molecular formula is C17H21N5OS2. The second-order valence-corrected chi connectivity index (χ2v) is 9.00. The summed E-state index contributed by atoms with van der Waals surface area (Å²) in [6, 6.07) is 6.17. The maximum Gasteiger partial charge on any atom is 0.232 e. The van der Waals surface area contributed by atoms with Crippen molar-refractivity contribution in [2.45, 2.75) is 50.1 Å². The lowest BCUT2D eigenvalue weighted by molar-refractivity contribution is 0.319. The van der Waals surface area contributed by atoms with Gasteiger partial charge in [0.05, 0.1) is 5.75 Å². The molecule has 1 aromatic carbocycles. The number of aryl methyl sites for hydroxylation is 1. The smallest absolute Gasteiger partial charge is 0.232 e. The van der Waals surface area contributed by atoms with Gasteiger partial charge in [0.1, 0.15) is 0 Å². The van der Waals surface area contributed by atoms with Crippen molar-refractivity contribution >= 4 is 33.9 Å². The number of hydrogen-bond acceptors (Lipinski definition) is 8. The van der Waals surface area contributed by atoms with Gasteiger partial charge in [-0.25, -0.2) is 0 Å². The normalized spacial score (nSPS) is 11.7. The van der Waals surface area contributed by atoms with Crippen LogP contribution in [0, 0.1) is 13.8 Å². The Morgan fingerprint density at radius 2 is 2.00 bits per heavy atom. The van der Waals surface area contributed by atoms with E-state index >= 15 is 0 Å². The molecule has 0 spiro atoms. The second-order valence-electron chi connectivity index (χ2n) is 6.80. The fourth-order valence-corrected chi connectivity index (χ4v) is 3.67. The average Bonchev–Trinajstić information content (AvgIpc) is 3.18. The lowest BCUT2D eigenvalue weighted by Crippen LogP contribution is -2.11. The third-order valence-electron chi connectivity index (χ3n) is 3.69. The first-order valence-electron chi connectivity index (χ1n) is 7.95. The van der Waals surface area contributed by atoms with Gasteiger partial charge in [0, 0.05) is 11.1 Å². The van der Waals surface area contributed by atoms with E-state index in [1.54, 1.807) is 11.8 Å². The van der Waals surface area contributed by atoms with Crippen LogP contribution in [0.5, 0.6) is 0 Å². The highest BCUT2D eigenvalue weighted by Crippen LogP contribution is 2.31. The molecule has 0 fully saturated rings. The van der Waals surface area contributed by atoms with Gasteiger partial charge in [-0.15, -0.1) is 10.2 Å². The molecule has 132 valence electrons. The van der Waals surface area contributed by atoms with Gasteiger partial charge in [-0.2, -0.15) is 4.98 Å². The minimum atomic E-state index is -0.137. The van der Waals surface area contributed by atoms with E-state index in [9.17, 15) is 0 Å². The van der Waals surface area contributed by atoms with Crippen LogP contribution in [0.1, 0.15) is 43.6 Å². The number of anilines is 2. The van der Waals surface area contributed by atoms with Crippen molar-refractivity contribution in [1.29, 1.82) is 0 Å². The van der Waals surface area contributed by atoms with E-state index in [-0.39, 0.29) is 5.41 Å². The molecule has 0 atom stereocenters. The quantitative estimate of drug-likeness (QED) is 0.637. The lowest BCUT2D eigenvalue weighted by Gasteiger charge is -2.10. The predicted octanol–water partition coefficient (Wildman–Crippen LogP) is 4.87. The molecule has 25 heavy (non-hydrogen) atoms. The van der Waals surface area contributed by atoms with Gasteiger partial charge in [-0.05, 0) is 31.0 Å². The van der Waals surface area contributed by atoms with Crippen molar-refractivity contribution in [3.05, 3.63) is 41.0 Å². The Hall–Kier alpha value is -1.93. The van der Waals surface area contributed by atoms with E-state index in [4.69, 9.17) is 4.52 Å². The number of nitrogens with one attached hydrogen (secondary N) is 1. The molecule has 0 bridgehead atoms. The van der Waals surface area contributed by atoms with Gasteiger partial charge in [0.25, 0.3) is 0 Å². The number of nitrogens with zero attached hydrogens (tertiary/aromatic N) is 4. The Kier molecular flexibility index (Phi) is 5.10. The molecule has 3 aromatic rings. The summed E-state index contributed by atoms with van der Waals surface area (Å²) in [4.78, 5) is 4.43. The van der Waals surface area contributed by atoms with Crippen molar-refractivity contribution < 1.29 is 4.52 Å². The van der Waals surface area contributed by atoms with E-state index in [1.807, 2.05) is 32.9 Å². The number of aromatic nitrogens is 4. The first-order valence-corrected chi connectivity index (χ1v) is 9.76. The zero-order valence-electron chi connectivity index (χ0n) is 15.0. The third kappa shape index (κ3) is 4.38. The Morgan fingerprint density at radius 3 is 2.72 bits per heavy atom. The van der Waals surface area contributed by atoms with Crippen LogP contribution in [-0.4, -0.2) is 20.3 Å². The summed E-state index contributed by atoms with van der Waals surface area (Å²) in [5, 5.41) is 16.6. The number of thioether (sulfide) groups is 1. The Balaban J connectivity index is 1.62. The summed E-state index contributed by atoms with van der Waals surface area (Å²) >= 11 is 3.07. The van der Waals surface area contributed by atoms with E-state index in [0.717, 1.165) is 15.2 Å². The molecule has 1 N–H and O–H groups in total. The van der Waals surface area contributed by atoms with Gasteiger partial charge >= 0.3 is 0 Å². The number of rotatable bonds is 5. The minimum Gasteiger partial charge on any atom is -0.339 e. The van der Waals surface area contributed by atoms with E-state index in [0.29, 0.717) is 17.5 Å². The average molecular weight is 376 g/mol. The summed E-state index contributed by atoms with van der Waals surface area (Å²) in [6.07, 6.45) is 0. The highest BCUT2D eigenvalue weighted by molar-refractivity contribution is 8.00. The Bertz CT molecular complexity index is 866. The van der Waals surface area contributed by atoms with Crippen molar-refractivity contribution in [1.82, 2.24) is 20.3 Å². The Labute approximate surface area is 155 Å². The molecule has 3 rings (SSSR count). The molecule has 0 aliphatic rings. The second kappa shape index (κ2) is 7.13. The van der Waals surface area contributed by atoms with Gasteiger partial charge < -0.3 is 9.84 Å². The molecule has 6 nitrogen and oxygen atoms in total. The van der Waals surface area contributed by atoms with Gasteiger partial charge in [-0.1, -0.05) is 61.2 Å². The third-order valence-corrected chi connectivity index (χ3v) is 5.66. The minimum absolute atomic E-state index is 0.137. The van der Waals surface area contributed by atoms with Gasteiger partial charge in [-0.3, -0.25) is 0 Å². The molecule has 0 saturated carbocycles. The van der Waals surface area contributed by atoms with Crippen molar-refractivity contribution in [3.8, 4) is 0 Å². The monoisotopic (exact) mass is 375 g/mol. The zero-order valence-corrected chi connectivity index (χ0v) is 16.6. The fourth-order valence-electron chi connectivity index (χ4n) is 2.06. The maximum atomic E-state index is 5.31. The molecular weight excluding hydrogens is 354 g/mol. The highest BCUT2D eigenvalue weighted by atomic mass is 32.2. The molecule has 0 unspecified atom stereocenters. The summed E-state index contributed by atoms with van der Waals surface area (Å²) in [5.41, 5.74) is 3.38. The van der Waals surface area contributed by atoms with E-state index in [1.165, 1.54) is 22.5 Å². The topological polar surface area (TPSA) is 76.7 Å². The van der Waals surface area contributed by atoms with Crippen LogP contribution in [0.2, 0.25) is 0 Å². The molecule has 0 radical (unpaired) electrons. The lowest BCUT2D eigenvalue weighted by atomic mass is 9.97. The van der Waals surface area contributed by atoms with Crippen LogP contribution in [-0.2, 0) is 11.2 Å². The summed E-state index contributed by atoms with van der Waals surface area (Å²) in [6.45, 7) is 10.3. The molecule has 0 aliphatic heterocycles. The van der Waals surface area contributed by atoms with Gasteiger partial charge in [0.15, 0.2) is 10.2 Å². The van der Waals surface area contributed by atoms with Crippen LogP contribution in [0.3, 0.4) is 0 Å². The number of benzene rings is 1. The predicted molar refractivity (Wildman–Crippen MR) is 102 cm³/mol. The first-order chi connectivity index (χ1) is 11.8. The van der Waals surface area contributed by atoms with Crippen LogP contribution in [0.4, 0.5) is 10.8 Å². The van der Waals surface area contributed by atoms with Crippen LogP contribution >= 0.6 is 23.1 Å². The SMILES string of the molecule is Cc1cccc(Nc2nnc(SCc3noc(C(C)(C)C)n3)s2)c1C. The van der Waals surface area contributed by atoms with Crippen LogP contribution in [0.15, 0.2) is 27.1 Å². The molecule has 0 amide bonds. The van der Waals surface area contributed by atoms with Crippen molar-refractivity contribution in [3.63, 3.8) is 0 Å². The molecule has 8 heteroatoms. The van der Waals surface area contributed by atoms with Crippen molar-refractivity contribution in [2.75, 3.05) is 5.32 Å². The fraction of sp³-hybridized carbons (Fsp3) is 0.412. The van der Waals surface area contributed by atoms with Crippen molar-refractivity contribution in [2.24, 2.45) is 0 Å². The number of hydrogen-bond donors (Lipinski definition) is 1. The molecule has 2 heterocycles. The molecule has 0 saturated heterocycles. The zero-order chi connectivity index (χ0) is 18.0. The highest BCUT2D eigenvalue weighted by Gasteiger charge is 2.21. The van der Waals surface area contributed by atoms with Crippen LogP contribution in [0.25, 0.3) is 0 Å². The first kappa shape index (κ1) is 17.9. The Morgan fingerprint density at radius 1 is 1.20 bits per heavy atom. The van der Waals surface area contributed by atoms with E-state index in [2.05, 4.69) is 45.6 Å². The van der Waals surface area contributed by atoms with Gasteiger partial charge in [0.2, 0.25) is 11.0 Å². The molecule has 0 aliphatic carbocycles. The van der Waals surface area contributed by atoms with E-state index < -0.39 is 0 Å². The molecule has 2 aromatic heterocycles. The standard InChI is InChI=1S/C17H21N5OS2/c1-10-7-6-8-12(11(10)2)18-15-20-21-16(25-15)24-9-13-19-14(23-22-13)17(3,4)5/h6-8H,9H2,1-5H3,(H,18,20). The van der Waals surface area contributed by atoms with Crippen LogP contribution < -0.4 is 5.32 Å². The maximum absolute atomic E-state index is 5.31. The summed E-state index contributed by atoms with van der Waals surface area (Å²) in [5.74, 6) is 1.93. The summed E-state index contributed by atoms with van der Waals surface area (Å²) < 4.78 is 6.18.